The fraction of sp³-hybridized carbons (Fsp3) is 1.00. The molecule has 0 aromatic carbocycles. The van der Waals surface area contributed by atoms with E-state index in [2.05, 4.69) is 0 Å². The molecule has 0 unspecified atom stereocenters. The summed E-state index contributed by atoms with van der Waals surface area (Å²) in [6.45, 7) is 3.29. The van der Waals surface area contributed by atoms with Gasteiger partial charge in [-0.05, 0) is 13.8 Å². The van der Waals surface area contributed by atoms with Crippen LogP contribution in [0.2, 0.25) is 0 Å². The molecule has 8 atom stereocenters. The van der Waals surface area contributed by atoms with Gasteiger partial charge in [-0.3, -0.25) is 0 Å². The Hall–Kier alpha value is -0.280. The van der Waals surface area contributed by atoms with Gasteiger partial charge in [-0.25, -0.2) is 0 Å². The summed E-state index contributed by atoms with van der Waals surface area (Å²) in [4.78, 5) is 0. The Morgan fingerprint density at radius 3 is 2.16 bits per heavy atom. The smallest absolute Gasteiger partial charge is 0.161 e. The second-order valence-corrected chi connectivity index (χ2v) is 5.26. The van der Waals surface area contributed by atoms with Crippen molar-refractivity contribution < 1.29 is 34.6 Å². The van der Waals surface area contributed by atoms with Gasteiger partial charge in [0.25, 0.3) is 0 Å². The van der Waals surface area contributed by atoms with Gasteiger partial charge in [-0.1, -0.05) is 0 Å². The highest BCUT2D eigenvalue weighted by Crippen LogP contribution is 2.27. The molecule has 0 bridgehead atoms. The van der Waals surface area contributed by atoms with Crippen LogP contribution in [0.15, 0.2) is 0 Å². The van der Waals surface area contributed by atoms with Crippen LogP contribution < -0.4 is 0 Å². The van der Waals surface area contributed by atoms with Gasteiger partial charge in [-0.2, -0.15) is 0 Å². The maximum atomic E-state index is 9.94. The summed E-state index contributed by atoms with van der Waals surface area (Å²) in [6, 6.07) is 0. The largest absolute Gasteiger partial charge is 0.390 e. The first-order valence-corrected chi connectivity index (χ1v) is 6.57. The molecule has 7 nitrogen and oxygen atoms in total. The minimum Gasteiger partial charge on any atom is -0.390 e. The molecule has 19 heavy (non-hydrogen) atoms. The molecule has 0 aromatic heterocycles. The van der Waals surface area contributed by atoms with Crippen molar-refractivity contribution in [3.8, 4) is 0 Å². The number of rotatable bonds is 2. The highest BCUT2D eigenvalue weighted by atomic mass is 16.7. The van der Waals surface area contributed by atoms with E-state index in [0.29, 0.717) is 0 Å². The monoisotopic (exact) mass is 278 g/mol. The molecule has 2 aliphatic rings. The van der Waals surface area contributed by atoms with Crippen molar-refractivity contribution in [1.82, 2.24) is 0 Å². The molecule has 2 aliphatic heterocycles. The molecular formula is C12H22O7. The lowest BCUT2D eigenvalue weighted by Crippen LogP contribution is -2.53. The van der Waals surface area contributed by atoms with E-state index < -0.39 is 49.2 Å². The van der Waals surface area contributed by atoms with Crippen molar-refractivity contribution in [1.29, 1.82) is 0 Å². The van der Waals surface area contributed by atoms with Crippen LogP contribution in [0.3, 0.4) is 0 Å². The van der Waals surface area contributed by atoms with E-state index in [1.165, 1.54) is 0 Å². The Morgan fingerprint density at radius 1 is 0.895 bits per heavy atom. The van der Waals surface area contributed by atoms with Gasteiger partial charge in [-0.15, -0.1) is 0 Å². The Morgan fingerprint density at radius 2 is 1.53 bits per heavy atom. The van der Waals surface area contributed by atoms with Crippen LogP contribution in [0.4, 0.5) is 0 Å². The van der Waals surface area contributed by atoms with Crippen LogP contribution >= 0.6 is 0 Å². The zero-order valence-electron chi connectivity index (χ0n) is 11.0. The van der Waals surface area contributed by atoms with E-state index in [-0.39, 0.29) is 12.8 Å². The van der Waals surface area contributed by atoms with Gasteiger partial charge in [0.05, 0.1) is 24.4 Å². The lowest BCUT2D eigenvalue weighted by atomic mass is 10.0. The summed E-state index contributed by atoms with van der Waals surface area (Å²) in [5.74, 6) is 0. The SMILES string of the molecule is C[C@H]1O[C@H](O)C[C@@H](O[C@@H]2C[C@@H](O)[C@H](O)[C@@H](C)O2)[C@@H]1O. The first kappa shape index (κ1) is 15.1. The van der Waals surface area contributed by atoms with Gasteiger partial charge in [0.2, 0.25) is 0 Å². The quantitative estimate of drug-likeness (QED) is 0.498. The summed E-state index contributed by atoms with van der Waals surface area (Å²) in [5.41, 5.74) is 0. The molecule has 0 radical (unpaired) electrons. The highest BCUT2D eigenvalue weighted by Gasteiger charge is 2.40. The van der Waals surface area contributed by atoms with Crippen LogP contribution in [-0.4, -0.2) is 69.6 Å². The van der Waals surface area contributed by atoms with Crippen LogP contribution in [0, 0.1) is 0 Å². The van der Waals surface area contributed by atoms with Crippen molar-refractivity contribution in [3.63, 3.8) is 0 Å². The lowest BCUT2D eigenvalue weighted by Gasteiger charge is -2.40. The number of hydrogen-bond donors (Lipinski definition) is 4. The van der Waals surface area contributed by atoms with Gasteiger partial charge in [0.1, 0.15) is 12.2 Å². The fourth-order valence-corrected chi connectivity index (χ4v) is 2.47. The minimum absolute atomic E-state index is 0.125. The van der Waals surface area contributed by atoms with Crippen LogP contribution in [0.25, 0.3) is 0 Å². The van der Waals surface area contributed by atoms with Crippen molar-refractivity contribution >= 4 is 0 Å². The maximum absolute atomic E-state index is 9.94. The number of aliphatic hydroxyl groups is 4. The summed E-state index contributed by atoms with van der Waals surface area (Å²) in [5, 5.41) is 38.7. The molecule has 112 valence electrons. The Balaban J connectivity index is 1.93. The highest BCUT2D eigenvalue weighted by molar-refractivity contribution is 4.84. The van der Waals surface area contributed by atoms with Crippen LogP contribution in [0.5, 0.6) is 0 Å². The molecule has 0 aliphatic carbocycles. The number of aliphatic hydroxyl groups excluding tert-OH is 4. The third kappa shape index (κ3) is 3.43. The second-order valence-electron chi connectivity index (χ2n) is 5.26. The molecule has 2 rings (SSSR count). The van der Waals surface area contributed by atoms with Crippen LogP contribution in [0.1, 0.15) is 26.7 Å². The topological polar surface area (TPSA) is 109 Å². The summed E-state index contributed by atoms with van der Waals surface area (Å²) < 4.78 is 16.1. The zero-order chi connectivity index (χ0) is 14.2. The first-order chi connectivity index (χ1) is 8.88. The average Bonchev–Trinajstić information content (AvgIpc) is 2.32. The number of ether oxygens (including phenoxy) is 3. The number of hydrogen-bond acceptors (Lipinski definition) is 7. The molecule has 0 spiro atoms. The zero-order valence-corrected chi connectivity index (χ0v) is 11.0. The molecule has 7 heteroatoms. The summed E-state index contributed by atoms with van der Waals surface area (Å²) in [7, 11) is 0. The van der Waals surface area contributed by atoms with Gasteiger partial charge in [0.15, 0.2) is 12.6 Å². The van der Waals surface area contributed by atoms with E-state index in [9.17, 15) is 20.4 Å². The summed E-state index contributed by atoms with van der Waals surface area (Å²) >= 11 is 0. The van der Waals surface area contributed by atoms with E-state index in [0.717, 1.165) is 0 Å². The van der Waals surface area contributed by atoms with E-state index in [1.54, 1.807) is 13.8 Å². The molecule has 2 saturated heterocycles. The third-order valence-electron chi connectivity index (χ3n) is 3.67. The normalized spacial score (nSPS) is 52.1. The minimum atomic E-state index is -0.986. The molecule has 2 heterocycles. The third-order valence-corrected chi connectivity index (χ3v) is 3.67. The van der Waals surface area contributed by atoms with Crippen LogP contribution in [-0.2, 0) is 14.2 Å². The average molecular weight is 278 g/mol. The lowest BCUT2D eigenvalue weighted by molar-refractivity contribution is -0.300. The maximum Gasteiger partial charge on any atom is 0.161 e. The second kappa shape index (κ2) is 6.01. The van der Waals surface area contributed by atoms with Crippen molar-refractivity contribution in [3.05, 3.63) is 0 Å². The predicted molar refractivity (Wildman–Crippen MR) is 63.0 cm³/mol. The predicted octanol–water partition coefficient (Wildman–Crippen LogP) is -1.28. The summed E-state index contributed by atoms with van der Waals surface area (Å²) in [6.07, 6.45) is -5.89. The Bertz CT molecular complexity index is 288. The molecule has 0 saturated carbocycles. The Kier molecular flexibility index (Phi) is 4.78. The Labute approximate surface area is 111 Å². The van der Waals surface area contributed by atoms with Crippen molar-refractivity contribution in [2.45, 2.75) is 75.9 Å². The van der Waals surface area contributed by atoms with E-state index >= 15 is 0 Å². The molecule has 2 fully saturated rings. The molecule has 4 N–H and O–H groups in total. The molecule has 0 amide bonds. The van der Waals surface area contributed by atoms with E-state index in [1.807, 2.05) is 0 Å². The van der Waals surface area contributed by atoms with Gasteiger partial charge in [0, 0.05) is 12.8 Å². The fourth-order valence-electron chi connectivity index (χ4n) is 2.47. The van der Waals surface area contributed by atoms with Gasteiger partial charge < -0.3 is 34.6 Å². The molecule has 0 aromatic rings. The molecular weight excluding hydrogens is 256 g/mol. The standard InChI is InChI=1S/C12H22O7/c1-5-11(15)7(13)3-10(18-5)19-8-4-9(14)17-6(2)12(8)16/h5-16H,3-4H2,1-2H3/t5-,6-,7-,8-,9+,10-,11-,12-/m1/s1. The van der Waals surface area contributed by atoms with Crippen molar-refractivity contribution in [2.75, 3.05) is 0 Å². The van der Waals surface area contributed by atoms with Gasteiger partial charge >= 0.3 is 0 Å². The van der Waals surface area contributed by atoms with E-state index in [4.69, 9.17) is 14.2 Å². The van der Waals surface area contributed by atoms with Crippen molar-refractivity contribution in [2.24, 2.45) is 0 Å². The first-order valence-electron chi connectivity index (χ1n) is 6.57.